The second-order valence-electron chi connectivity index (χ2n) is 9.42. The van der Waals surface area contributed by atoms with E-state index < -0.39 is 23.0 Å². The number of rotatable bonds is 10. The van der Waals surface area contributed by atoms with Crippen LogP contribution in [0.25, 0.3) is 5.57 Å². The number of carbonyl (C=O) groups is 1. The van der Waals surface area contributed by atoms with Gasteiger partial charge in [0.25, 0.3) is 0 Å². The molecular weight excluding hydrogens is 454 g/mol. The van der Waals surface area contributed by atoms with Crippen molar-refractivity contribution in [3.63, 3.8) is 0 Å². The number of hydrogen-bond acceptors (Lipinski definition) is 3. The van der Waals surface area contributed by atoms with Gasteiger partial charge in [0.05, 0.1) is 11.5 Å². The summed E-state index contributed by atoms with van der Waals surface area (Å²) in [6.07, 6.45) is 1.70. The SMILES string of the molecule is CC#C/C=C(\c1ccccc1)[C@H](NS(=O)c1c(C(C)C)cc(C(C)C)cc1C(C)C)C(=O)OCC. The predicted octanol–water partition coefficient (Wildman–Crippen LogP) is 6.71. The Hall–Kier alpha value is -2.68. The van der Waals surface area contributed by atoms with E-state index in [1.54, 1.807) is 19.9 Å². The molecule has 0 fully saturated rings. The Kier molecular flexibility index (Phi) is 10.9. The Morgan fingerprint density at radius 2 is 1.57 bits per heavy atom. The van der Waals surface area contributed by atoms with Gasteiger partial charge >= 0.3 is 5.97 Å². The summed E-state index contributed by atoms with van der Waals surface area (Å²) in [6.45, 7) is 16.5. The largest absolute Gasteiger partial charge is 0.465 e. The van der Waals surface area contributed by atoms with Crippen molar-refractivity contribution < 1.29 is 13.7 Å². The first kappa shape index (κ1) is 28.6. The molecule has 0 spiro atoms. The predicted molar refractivity (Wildman–Crippen MR) is 147 cm³/mol. The molecule has 1 N–H and O–H groups in total. The minimum atomic E-state index is -1.66. The van der Waals surface area contributed by atoms with Gasteiger partial charge in [-0.15, -0.1) is 5.92 Å². The summed E-state index contributed by atoms with van der Waals surface area (Å²) in [5.41, 5.74) is 4.74. The molecule has 2 aromatic rings. The summed E-state index contributed by atoms with van der Waals surface area (Å²) >= 11 is 0. The van der Waals surface area contributed by atoms with Gasteiger partial charge in [-0.1, -0.05) is 89.9 Å². The molecule has 0 bridgehead atoms. The van der Waals surface area contributed by atoms with E-state index in [0.717, 1.165) is 21.6 Å². The minimum Gasteiger partial charge on any atom is -0.465 e. The van der Waals surface area contributed by atoms with Crippen molar-refractivity contribution >= 4 is 22.5 Å². The molecule has 0 aliphatic carbocycles. The van der Waals surface area contributed by atoms with Crippen molar-refractivity contribution in [3.8, 4) is 11.8 Å². The lowest BCUT2D eigenvalue weighted by atomic mass is 9.89. The Bertz CT molecular complexity index is 1090. The van der Waals surface area contributed by atoms with Gasteiger partial charge in [-0.2, -0.15) is 0 Å². The quantitative estimate of drug-likeness (QED) is 0.296. The highest BCUT2D eigenvalue weighted by molar-refractivity contribution is 7.83. The number of hydrogen-bond donors (Lipinski definition) is 1. The molecule has 2 aromatic carbocycles. The first-order valence-corrected chi connectivity index (χ1v) is 13.5. The van der Waals surface area contributed by atoms with Crippen LogP contribution in [-0.2, 0) is 20.5 Å². The molecule has 188 valence electrons. The van der Waals surface area contributed by atoms with Crippen molar-refractivity contribution in [2.24, 2.45) is 0 Å². The van der Waals surface area contributed by atoms with Crippen LogP contribution in [0.2, 0.25) is 0 Å². The summed E-state index contributed by atoms with van der Waals surface area (Å²) in [7, 11) is -1.66. The third-order valence-corrected chi connectivity index (χ3v) is 7.09. The third kappa shape index (κ3) is 7.40. The van der Waals surface area contributed by atoms with Gasteiger partial charge in [0, 0.05) is 0 Å². The summed E-state index contributed by atoms with van der Waals surface area (Å²) in [5, 5.41) is 0. The fourth-order valence-corrected chi connectivity index (χ4v) is 5.42. The van der Waals surface area contributed by atoms with Gasteiger partial charge in [-0.05, 0) is 65.5 Å². The van der Waals surface area contributed by atoms with E-state index in [0.29, 0.717) is 11.5 Å². The molecule has 4 nitrogen and oxygen atoms in total. The molecule has 0 radical (unpaired) electrons. The Morgan fingerprint density at radius 3 is 2.03 bits per heavy atom. The zero-order valence-electron chi connectivity index (χ0n) is 22.3. The van der Waals surface area contributed by atoms with Gasteiger partial charge in [-0.25, -0.2) is 13.7 Å². The molecule has 0 saturated heterocycles. The van der Waals surface area contributed by atoms with E-state index in [4.69, 9.17) is 4.74 Å². The van der Waals surface area contributed by atoms with Crippen LogP contribution in [0.4, 0.5) is 0 Å². The average molecular weight is 494 g/mol. The van der Waals surface area contributed by atoms with Crippen LogP contribution in [0.1, 0.15) is 95.4 Å². The number of carbonyl (C=O) groups excluding carboxylic acids is 1. The van der Waals surface area contributed by atoms with Gasteiger partial charge < -0.3 is 4.74 Å². The number of benzene rings is 2. The van der Waals surface area contributed by atoms with Crippen LogP contribution < -0.4 is 4.72 Å². The smallest absolute Gasteiger partial charge is 0.328 e. The Balaban J connectivity index is 2.68. The molecule has 2 rings (SSSR count). The van der Waals surface area contributed by atoms with E-state index in [1.165, 1.54) is 5.56 Å². The highest BCUT2D eigenvalue weighted by atomic mass is 32.2. The highest BCUT2D eigenvalue weighted by Gasteiger charge is 2.30. The molecule has 1 unspecified atom stereocenters. The van der Waals surface area contributed by atoms with E-state index in [-0.39, 0.29) is 18.4 Å². The van der Waals surface area contributed by atoms with Crippen LogP contribution in [0.3, 0.4) is 0 Å². The fraction of sp³-hybridized carbons (Fsp3) is 0.433. The topological polar surface area (TPSA) is 55.4 Å². The second kappa shape index (κ2) is 13.4. The molecule has 0 aliphatic rings. The number of allylic oxidation sites excluding steroid dienone is 1. The molecule has 35 heavy (non-hydrogen) atoms. The summed E-state index contributed by atoms with van der Waals surface area (Å²) in [6, 6.07) is 12.9. The standard InChI is InChI=1S/C30H39NO3S/c1-9-11-17-25(23-15-13-12-14-16-23)28(30(32)34-10-2)31-35(33)29-26(21(5)6)18-24(20(3)4)19-27(29)22(7)8/h12-22,28,31H,10H2,1-8H3/b25-17+/t28-,35?/m0/s1. The molecule has 2 atom stereocenters. The van der Waals surface area contributed by atoms with Crippen molar-refractivity contribution in [1.29, 1.82) is 0 Å². The summed E-state index contributed by atoms with van der Waals surface area (Å²) < 4.78 is 22.6. The molecule has 0 amide bonds. The highest BCUT2D eigenvalue weighted by Crippen LogP contribution is 2.34. The third-order valence-electron chi connectivity index (χ3n) is 5.80. The maximum atomic E-state index is 14.0. The zero-order chi connectivity index (χ0) is 26.1. The monoisotopic (exact) mass is 493 g/mol. The molecule has 5 heteroatoms. The van der Waals surface area contributed by atoms with Crippen molar-refractivity contribution in [2.45, 2.75) is 84.1 Å². The average Bonchev–Trinajstić information content (AvgIpc) is 2.83. The summed E-state index contributed by atoms with van der Waals surface area (Å²) in [5.74, 6) is 6.03. The molecule has 0 heterocycles. The lowest BCUT2D eigenvalue weighted by Crippen LogP contribution is -2.40. The van der Waals surface area contributed by atoms with E-state index in [9.17, 15) is 9.00 Å². The minimum absolute atomic E-state index is 0.170. The van der Waals surface area contributed by atoms with Gasteiger partial charge in [-0.3, -0.25) is 0 Å². The normalized spacial score (nSPS) is 13.5. The van der Waals surface area contributed by atoms with E-state index in [2.05, 4.69) is 70.2 Å². The lowest BCUT2D eigenvalue weighted by Gasteiger charge is -2.25. The number of ether oxygens (including phenoxy) is 1. The number of esters is 1. The number of nitrogens with one attached hydrogen (secondary N) is 1. The van der Waals surface area contributed by atoms with Crippen molar-refractivity contribution in [1.82, 2.24) is 4.72 Å². The van der Waals surface area contributed by atoms with Gasteiger partial charge in [0.2, 0.25) is 0 Å². The Morgan fingerprint density at radius 1 is 1.00 bits per heavy atom. The van der Waals surface area contributed by atoms with Gasteiger partial charge in [0.15, 0.2) is 0 Å². The second-order valence-corrected chi connectivity index (χ2v) is 10.6. The molecule has 0 saturated carbocycles. The molecular formula is C30H39NO3S. The first-order chi connectivity index (χ1) is 16.6. The van der Waals surface area contributed by atoms with Crippen LogP contribution in [0.15, 0.2) is 53.4 Å². The van der Waals surface area contributed by atoms with Crippen LogP contribution in [0.5, 0.6) is 0 Å². The first-order valence-electron chi connectivity index (χ1n) is 12.3. The zero-order valence-corrected chi connectivity index (χ0v) is 23.1. The maximum absolute atomic E-state index is 14.0. The van der Waals surface area contributed by atoms with Crippen molar-refractivity contribution in [3.05, 3.63) is 70.8 Å². The summed E-state index contributed by atoms with van der Waals surface area (Å²) in [4.78, 5) is 13.9. The molecule has 0 aliphatic heterocycles. The van der Waals surface area contributed by atoms with Crippen LogP contribution >= 0.6 is 0 Å². The molecule has 0 aromatic heterocycles. The van der Waals surface area contributed by atoms with Gasteiger partial charge in [0.1, 0.15) is 17.0 Å². The van der Waals surface area contributed by atoms with E-state index in [1.807, 2.05) is 30.3 Å². The lowest BCUT2D eigenvalue weighted by molar-refractivity contribution is -0.143. The Labute approximate surface area is 214 Å². The van der Waals surface area contributed by atoms with Crippen molar-refractivity contribution in [2.75, 3.05) is 6.61 Å². The van der Waals surface area contributed by atoms with E-state index >= 15 is 0 Å². The maximum Gasteiger partial charge on any atom is 0.328 e. The van der Waals surface area contributed by atoms with Crippen LogP contribution in [0, 0.1) is 11.8 Å². The fourth-order valence-electron chi connectivity index (χ4n) is 3.85. The van der Waals surface area contributed by atoms with Crippen LogP contribution in [-0.4, -0.2) is 22.8 Å².